The third kappa shape index (κ3) is 3.34. The molecular formula is C26H29N3O. The van der Waals surface area contributed by atoms with Crippen molar-refractivity contribution in [1.82, 2.24) is 15.1 Å². The first kappa shape index (κ1) is 19.1. The summed E-state index contributed by atoms with van der Waals surface area (Å²) < 4.78 is 1.89. The van der Waals surface area contributed by atoms with Crippen molar-refractivity contribution in [2.24, 2.45) is 17.8 Å². The minimum atomic E-state index is -0.0104. The Morgan fingerprint density at radius 2 is 1.73 bits per heavy atom. The van der Waals surface area contributed by atoms with Crippen LogP contribution < -0.4 is 5.32 Å². The van der Waals surface area contributed by atoms with Crippen LogP contribution in [0.5, 0.6) is 0 Å². The fraction of sp³-hybridized carbons (Fsp3) is 0.385. The summed E-state index contributed by atoms with van der Waals surface area (Å²) in [6, 6.07) is 20.2. The molecule has 3 aromatic rings. The molecule has 0 aliphatic heterocycles. The first-order chi connectivity index (χ1) is 14.6. The Morgan fingerprint density at radius 1 is 1.03 bits per heavy atom. The van der Waals surface area contributed by atoms with Crippen molar-refractivity contribution >= 4 is 5.91 Å². The molecule has 0 radical (unpaired) electrons. The van der Waals surface area contributed by atoms with Crippen LogP contribution in [0.2, 0.25) is 0 Å². The number of carbonyl (C=O) groups is 1. The van der Waals surface area contributed by atoms with Crippen LogP contribution in [0.15, 0.2) is 60.7 Å². The predicted molar refractivity (Wildman–Crippen MR) is 120 cm³/mol. The van der Waals surface area contributed by atoms with Crippen molar-refractivity contribution in [3.8, 4) is 16.9 Å². The van der Waals surface area contributed by atoms with E-state index < -0.39 is 0 Å². The highest BCUT2D eigenvalue weighted by Gasteiger charge is 2.42. The molecule has 154 valence electrons. The van der Waals surface area contributed by atoms with Crippen LogP contribution in [0.25, 0.3) is 16.9 Å². The van der Waals surface area contributed by atoms with Crippen LogP contribution in [0.4, 0.5) is 0 Å². The molecule has 30 heavy (non-hydrogen) atoms. The second-order valence-corrected chi connectivity index (χ2v) is 9.02. The molecule has 2 aliphatic carbocycles. The zero-order chi connectivity index (χ0) is 20.7. The van der Waals surface area contributed by atoms with Crippen molar-refractivity contribution in [3.05, 3.63) is 71.9 Å². The molecule has 1 amide bonds. The molecule has 0 spiro atoms. The molecule has 2 bridgehead atoms. The van der Waals surface area contributed by atoms with Gasteiger partial charge in [0.2, 0.25) is 0 Å². The van der Waals surface area contributed by atoms with E-state index in [2.05, 4.69) is 12.2 Å². The van der Waals surface area contributed by atoms with Gasteiger partial charge in [-0.25, -0.2) is 4.68 Å². The lowest BCUT2D eigenvalue weighted by molar-refractivity contribution is 0.0915. The molecule has 2 aliphatic rings. The van der Waals surface area contributed by atoms with E-state index in [0.29, 0.717) is 11.5 Å². The minimum Gasteiger partial charge on any atom is -0.349 e. The van der Waals surface area contributed by atoms with E-state index in [9.17, 15) is 4.79 Å². The third-order valence-corrected chi connectivity index (χ3v) is 7.19. The van der Waals surface area contributed by atoms with Gasteiger partial charge in [0.05, 0.1) is 16.9 Å². The number of hydrogen-bond acceptors (Lipinski definition) is 2. The van der Waals surface area contributed by atoms with Crippen LogP contribution >= 0.6 is 0 Å². The van der Waals surface area contributed by atoms with E-state index in [1.165, 1.54) is 25.7 Å². The van der Waals surface area contributed by atoms with Crippen molar-refractivity contribution in [1.29, 1.82) is 0 Å². The van der Waals surface area contributed by atoms with Crippen molar-refractivity contribution < 1.29 is 4.79 Å². The van der Waals surface area contributed by atoms with Gasteiger partial charge in [-0.3, -0.25) is 4.79 Å². The van der Waals surface area contributed by atoms with Crippen LogP contribution in [0, 0.1) is 24.7 Å². The van der Waals surface area contributed by atoms with E-state index in [1.807, 2.05) is 72.3 Å². The number of benzene rings is 2. The normalized spacial score (nSPS) is 23.5. The molecule has 4 nitrogen and oxygen atoms in total. The number of nitrogens with one attached hydrogen (secondary N) is 1. The maximum Gasteiger partial charge on any atom is 0.255 e. The smallest absolute Gasteiger partial charge is 0.255 e. The monoisotopic (exact) mass is 399 g/mol. The second-order valence-electron chi connectivity index (χ2n) is 9.02. The van der Waals surface area contributed by atoms with Crippen molar-refractivity contribution in [2.45, 2.75) is 45.6 Å². The number of nitrogens with zero attached hydrogens (tertiary/aromatic N) is 2. The zero-order valence-corrected chi connectivity index (χ0v) is 17.7. The first-order valence-corrected chi connectivity index (χ1v) is 11.1. The van der Waals surface area contributed by atoms with E-state index in [0.717, 1.165) is 34.5 Å². The Morgan fingerprint density at radius 3 is 2.37 bits per heavy atom. The average molecular weight is 400 g/mol. The highest BCUT2D eigenvalue weighted by atomic mass is 16.1. The Labute approximate surface area is 178 Å². The summed E-state index contributed by atoms with van der Waals surface area (Å²) >= 11 is 0. The molecule has 2 fully saturated rings. The van der Waals surface area contributed by atoms with Gasteiger partial charge in [-0.2, -0.15) is 5.10 Å². The van der Waals surface area contributed by atoms with Gasteiger partial charge in [0.25, 0.3) is 5.91 Å². The molecule has 0 saturated heterocycles. The summed E-state index contributed by atoms with van der Waals surface area (Å²) in [7, 11) is 0. The molecule has 1 N–H and O–H groups in total. The third-order valence-electron chi connectivity index (χ3n) is 7.19. The van der Waals surface area contributed by atoms with Gasteiger partial charge in [-0.15, -0.1) is 0 Å². The van der Waals surface area contributed by atoms with Gasteiger partial charge >= 0.3 is 0 Å². The molecule has 4 atom stereocenters. The molecule has 2 aromatic carbocycles. The number of hydrogen-bond donors (Lipinski definition) is 1. The van der Waals surface area contributed by atoms with Gasteiger partial charge < -0.3 is 5.32 Å². The molecule has 1 aromatic heterocycles. The number of amides is 1. The summed E-state index contributed by atoms with van der Waals surface area (Å²) in [5.41, 5.74) is 4.23. The lowest BCUT2D eigenvalue weighted by atomic mass is 9.84. The topological polar surface area (TPSA) is 46.9 Å². The van der Waals surface area contributed by atoms with E-state index in [4.69, 9.17) is 5.10 Å². The second kappa shape index (κ2) is 7.75. The number of carbonyl (C=O) groups excluding carboxylic acids is 1. The highest BCUT2D eigenvalue weighted by Crippen LogP contribution is 2.49. The molecule has 4 unspecified atom stereocenters. The summed E-state index contributed by atoms with van der Waals surface area (Å²) in [4.78, 5) is 13.5. The van der Waals surface area contributed by atoms with Crippen LogP contribution in [0.1, 0.15) is 48.7 Å². The predicted octanol–water partition coefficient (Wildman–Crippen LogP) is 5.40. The lowest BCUT2D eigenvalue weighted by Gasteiger charge is -2.28. The number of aromatic nitrogens is 2. The fourth-order valence-electron chi connectivity index (χ4n) is 5.69. The molecule has 1 heterocycles. The summed E-state index contributed by atoms with van der Waals surface area (Å²) in [5.74, 6) is 2.26. The van der Waals surface area contributed by atoms with E-state index in [-0.39, 0.29) is 11.9 Å². The minimum absolute atomic E-state index is 0.0104. The summed E-state index contributed by atoms with van der Waals surface area (Å²) in [6.07, 6.45) is 5.32. The van der Waals surface area contributed by atoms with Crippen LogP contribution in [0.3, 0.4) is 0 Å². The van der Waals surface area contributed by atoms with E-state index >= 15 is 0 Å². The SMILES string of the molecule is Cc1c(C(=O)NC(C)C2CC3CCC2C3)c(-c2ccccc2)nn1-c1ccccc1. The number of fused-ring (bicyclic) bond motifs is 2. The highest BCUT2D eigenvalue weighted by molar-refractivity contribution is 6.01. The zero-order valence-electron chi connectivity index (χ0n) is 17.7. The maximum atomic E-state index is 13.5. The largest absolute Gasteiger partial charge is 0.349 e. The summed E-state index contributed by atoms with van der Waals surface area (Å²) in [6.45, 7) is 4.17. The van der Waals surface area contributed by atoms with Crippen LogP contribution in [-0.2, 0) is 0 Å². The molecule has 2 saturated carbocycles. The van der Waals surface area contributed by atoms with Crippen molar-refractivity contribution in [3.63, 3.8) is 0 Å². The number of para-hydroxylation sites is 1. The quantitative estimate of drug-likeness (QED) is 0.624. The lowest BCUT2D eigenvalue weighted by Crippen LogP contribution is -2.40. The standard InChI is InChI=1S/C26H29N3O/c1-17(23-16-19-13-14-21(23)15-19)27-26(30)24-18(2)29(22-11-7-4-8-12-22)28-25(24)20-9-5-3-6-10-20/h3-12,17,19,21,23H,13-16H2,1-2H3,(H,27,30). The Bertz CT molecular complexity index is 1040. The fourth-order valence-corrected chi connectivity index (χ4v) is 5.69. The molecule has 5 rings (SSSR count). The Balaban J connectivity index is 1.49. The molecular weight excluding hydrogens is 370 g/mol. The van der Waals surface area contributed by atoms with Gasteiger partial charge in [-0.1, -0.05) is 55.0 Å². The summed E-state index contributed by atoms with van der Waals surface area (Å²) in [5, 5.41) is 8.22. The van der Waals surface area contributed by atoms with Gasteiger partial charge in [0, 0.05) is 11.6 Å². The first-order valence-electron chi connectivity index (χ1n) is 11.1. The van der Waals surface area contributed by atoms with Crippen molar-refractivity contribution in [2.75, 3.05) is 0 Å². The molecule has 4 heteroatoms. The van der Waals surface area contributed by atoms with Gasteiger partial charge in [-0.05, 0) is 63.0 Å². The maximum absolute atomic E-state index is 13.5. The average Bonchev–Trinajstić information content (AvgIpc) is 3.49. The number of rotatable bonds is 5. The Hall–Kier alpha value is -2.88. The Kier molecular flexibility index (Phi) is 4.93. The van der Waals surface area contributed by atoms with Crippen LogP contribution in [-0.4, -0.2) is 21.7 Å². The van der Waals surface area contributed by atoms with Gasteiger partial charge in [0.1, 0.15) is 5.69 Å². The van der Waals surface area contributed by atoms with Gasteiger partial charge in [0.15, 0.2) is 0 Å². The van der Waals surface area contributed by atoms with E-state index in [1.54, 1.807) is 0 Å².